The Balaban J connectivity index is 0.000000587. The number of hydrogen-bond donors (Lipinski definition) is 3. The number of aromatic nitrogens is 1. The van der Waals surface area contributed by atoms with E-state index in [2.05, 4.69) is 19.5 Å². The quantitative estimate of drug-likeness (QED) is 0.377. The molecule has 41 heavy (non-hydrogen) atoms. The topological polar surface area (TPSA) is 140 Å². The lowest BCUT2D eigenvalue weighted by Gasteiger charge is -2.37. The summed E-state index contributed by atoms with van der Waals surface area (Å²) in [6.45, 7) is 8.14. The highest BCUT2D eigenvalue weighted by Crippen LogP contribution is 2.32. The summed E-state index contributed by atoms with van der Waals surface area (Å²) in [5, 5.41) is 16.6. The molecule has 0 amide bonds. The van der Waals surface area contributed by atoms with Crippen LogP contribution in [0, 0.1) is 20.8 Å². The highest BCUT2D eigenvalue weighted by atomic mass is 32.2. The second kappa shape index (κ2) is 12.5. The fraction of sp³-hybridized carbons (Fsp3) is 0.296. The van der Waals surface area contributed by atoms with E-state index in [0.29, 0.717) is 43.0 Å². The molecule has 3 aromatic rings. The van der Waals surface area contributed by atoms with Crippen LogP contribution in [0.25, 0.3) is 0 Å². The van der Waals surface area contributed by atoms with Gasteiger partial charge in [-0.2, -0.15) is 13.2 Å². The molecular weight excluding hydrogens is 565 g/mol. The Hall–Kier alpha value is -4.33. The summed E-state index contributed by atoms with van der Waals surface area (Å²) >= 11 is 0. The number of halogens is 3. The van der Waals surface area contributed by atoms with Crippen molar-refractivity contribution in [2.75, 3.05) is 40.7 Å². The maximum absolute atomic E-state index is 13.4. The van der Waals surface area contributed by atoms with Gasteiger partial charge in [0, 0.05) is 32.4 Å². The predicted octanol–water partition coefficient (Wildman–Crippen LogP) is 4.47. The SMILES string of the molecule is Cc1cc(C)c(S(=O)(=O)Nc2cc(C(=O)O)ccc2N2CCN(c3ccccn3)CC2)c(C)c1.O=C(O)C(F)(F)F. The van der Waals surface area contributed by atoms with Gasteiger partial charge in [-0.25, -0.2) is 23.0 Å². The molecule has 4 rings (SSSR count). The molecule has 10 nitrogen and oxygen atoms in total. The number of benzene rings is 2. The number of aryl methyl sites for hydroxylation is 3. The van der Waals surface area contributed by atoms with Crippen molar-refractivity contribution in [1.82, 2.24) is 4.98 Å². The van der Waals surface area contributed by atoms with Gasteiger partial charge < -0.3 is 20.0 Å². The molecule has 0 atom stereocenters. The molecule has 0 unspecified atom stereocenters. The Kier molecular flexibility index (Phi) is 9.48. The van der Waals surface area contributed by atoms with Crippen LogP contribution in [0.15, 0.2) is 59.6 Å². The van der Waals surface area contributed by atoms with Crippen molar-refractivity contribution in [3.8, 4) is 0 Å². The van der Waals surface area contributed by atoms with Gasteiger partial charge in [-0.05, 0) is 62.2 Å². The first-order valence-corrected chi connectivity index (χ1v) is 13.8. The molecule has 220 valence electrons. The van der Waals surface area contributed by atoms with E-state index in [1.807, 2.05) is 37.3 Å². The number of aromatic carboxylic acids is 1. The Morgan fingerprint density at radius 2 is 1.46 bits per heavy atom. The second-order valence-electron chi connectivity index (χ2n) is 9.34. The molecule has 14 heteroatoms. The first-order chi connectivity index (χ1) is 19.1. The molecular formula is C27H29F3N4O6S. The largest absolute Gasteiger partial charge is 0.490 e. The number of rotatable bonds is 6. The first kappa shape index (κ1) is 31.2. The standard InChI is InChI=1S/C25H28N4O4S.C2HF3O2/c1-17-14-18(2)24(19(3)15-17)34(32,33)27-21-16-20(25(30)31)7-8-22(21)28-10-12-29(13-11-28)23-6-4-5-9-26-23;3-2(4,5)1(6)7/h4-9,14-16,27H,10-13H2,1-3H3,(H,30,31);(H,6,7). The molecule has 2 aromatic carbocycles. The van der Waals surface area contributed by atoms with Crippen LogP contribution in [0.3, 0.4) is 0 Å². The minimum atomic E-state index is -5.08. The van der Waals surface area contributed by atoms with Gasteiger partial charge in [0.15, 0.2) is 0 Å². The highest BCUT2D eigenvalue weighted by Gasteiger charge is 2.38. The maximum atomic E-state index is 13.4. The van der Waals surface area contributed by atoms with Crippen LogP contribution in [0.2, 0.25) is 0 Å². The number of aliphatic carboxylic acids is 1. The van der Waals surface area contributed by atoms with E-state index in [9.17, 15) is 31.5 Å². The zero-order valence-electron chi connectivity index (χ0n) is 22.4. The summed E-state index contributed by atoms with van der Waals surface area (Å²) in [4.78, 5) is 29.4. The number of sulfonamides is 1. The summed E-state index contributed by atoms with van der Waals surface area (Å²) in [6.07, 6.45) is -3.33. The van der Waals surface area contributed by atoms with Crippen molar-refractivity contribution in [2.45, 2.75) is 31.8 Å². The van der Waals surface area contributed by atoms with Gasteiger partial charge >= 0.3 is 18.1 Å². The smallest absolute Gasteiger partial charge is 0.478 e. The lowest BCUT2D eigenvalue weighted by Crippen LogP contribution is -2.47. The number of piperazine rings is 1. The summed E-state index contributed by atoms with van der Waals surface area (Å²) in [5.74, 6) is -2.98. The number of carboxylic acid groups (broad SMARTS) is 2. The molecule has 0 bridgehead atoms. The lowest BCUT2D eigenvalue weighted by molar-refractivity contribution is -0.192. The number of anilines is 3. The van der Waals surface area contributed by atoms with Crippen molar-refractivity contribution < 1.29 is 41.4 Å². The van der Waals surface area contributed by atoms with Gasteiger partial charge in [0.1, 0.15) is 5.82 Å². The van der Waals surface area contributed by atoms with E-state index >= 15 is 0 Å². The Morgan fingerprint density at radius 1 is 0.902 bits per heavy atom. The fourth-order valence-electron chi connectivity index (χ4n) is 4.53. The molecule has 1 aromatic heterocycles. The van der Waals surface area contributed by atoms with Crippen LogP contribution in [0.5, 0.6) is 0 Å². The average molecular weight is 595 g/mol. The third-order valence-corrected chi connectivity index (χ3v) is 7.87. The zero-order chi connectivity index (χ0) is 30.5. The molecule has 0 saturated carbocycles. The van der Waals surface area contributed by atoms with Crippen LogP contribution in [0.4, 0.5) is 30.4 Å². The molecule has 1 aliphatic rings. The van der Waals surface area contributed by atoms with E-state index < -0.39 is 28.1 Å². The normalized spacial score (nSPS) is 13.7. The summed E-state index contributed by atoms with van der Waals surface area (Å²) in [7, 11) is -3.94. The fourth-order valence-corrected chi connectivity index (χ4v) is 6.05. The third-order valence-electron chi connectivity index (χ3n) is 6.20. The predicted molar refractivity (Wildman–Crippen MR) is 147 cm³/mol. The molecule has 2 heterocycles. The van der Waals surface area contributed by atoms with E-state index in [-0.39, 0.29) is 16.1 Å². The van der Waals surface area contributed by atoms with Crippen molar-refractivity contribution in [1.29, 1.82) is 0 Å². The van der Waals surface area contributed by atoms with Crippen LogP contribution in [0.1, 0.15) is 27.0 Å². The van der Waals surface area contributed by atoms with E-state index in [1.54, 1.807) is 26.1 Å². The van der Waals surface area contributed by atoms with Gasteiger partial charge in [-0.1, -0.05) is 23.8 Å². The number of carbonyl (C=O) groups is 2. The molecule has 1 aliphatic heterocycles. The van der Waals surface area contributed by atoms with E-state index in [1.165, 1.54) is 12.1 Å². The number of pyridine rings is 1. The van der Waals surface area contributed by atoms with Gasteiger partial charge in [0.25, 0.3) is 10.0 Å². The maximum Gasteiger partial charge on any atom is 0.490 e. The van der Waals surface area contributed by atoms with Crippen LogP contribution >= 0.6 is 0 Å². The Morgan fingerprint density at radius 3 is 1.95 bits per heavy atom. The molecule has 0 aliphatic carbocycles. The van der Waals surface area contributed by atoms with Crippen molar-refractivity contribution in [2.24, 2.45) is 0 Å². The second-order valence-corrected chi connectivity index (χ2v) is 11.0. The molecule has 0 radical (unpaired) electrons. The minimum absolute atomic E-state index is 0.0194. The van der Waals surface area contributed by atoms with Gasteiger partial charge in [0.05, 0.1) is 21.8 Å². The van der Waals surface area contributed by atoms with Crippen LogP contribution in [-0.2, 0) is 14.8 Å². The van der Waals surface area contributed by atoms with Crippen LogP contribution in [-0.4, -0.2) is 67.9 Å². The van der Waals surface area contributed by atoms with Gasteiger partial charge in [-0.3, -0.25) is 4.72 Å². The number of alkyl halides is 3. The van der Waals surface area contributed by atoms with Gasteiger partial charge in [-0.15, -0.1) is 0 Å². The van der Waals surface area contributed by atoms with Gasteiger partial charge in [0.2, 0.25) is 0 Å². The van der Waals surface area contributed by atoms with Crippen LogP contribution < -0.4 is 14.5 Å². The van der Waals surface area contributed by atoms with E-state index in [0.717, 1.165) is 11.4 Å². The number of hydrogen-bond acceptors (Lipinski definition) is 7. The zero-order valence-corrected chi connectivity index (χ0v) is 23.3. The number of carboxylic acids is 2. The molecule has 1 saturated heterocycles. The summed E-state index contributed by atoms with van der Waals surface area (Å²) < 4.78 is 61.2. The Bertz CT molecular complexity index is 1500. The number of nitrogens with zero attached hydrogens (tertiary/aromatic N) is 3. The monoisotopic (exact) mass is 594 g/mol. The van der Waals surface area contributed by atoms with Crippen molar-refractivity contribution in [3.05, 3.63) is 77.0 Å². The average Bonchev–Trinajstić information content (AvgIpc) is 2.88. The third kappa shape index (κ3) is 7.87. The molecule has 0 spiro atoms. The molecule has 1 fully saturated rings. The summed E-state index contributed by atoms with van der Waals surface area (Å²) in [6, 6.07) is 14.0. The highest BCUT2D eigenvalue weighted by molar-refractivity contribution is 7.92. The number of nitrogens with one attached hydrogen (secondary N) is 1. The summed E-state index contributed by atoms with van der Waals surface area (Å²) in [5.41, 5.74) is 3.19. The molecule has 3 N–H and O–H groups in total. The first-order valence-electron chi connectivity index (χ1n) is 12.3. The van der Waals surface area contributed by atoms with Crippen molar-refractivity contribution in [3.63, 3.8) is 0 Å². The van der Waals surface area contributed by atoms with E-state index in [4.69, 9.17) is 9.90 Å². The Labute approximate surface area is 235 Å². The minimum Gasteiger partial charge on any atom is -0.478 e. The lowest BCUT2D eigenvalue weighted by atomic mass is 10.1. The van der Waals surface area contributed by atoms with Crippen molar-refractivity contribution >= 4 is 39.2 Å².